The molecule has 1 aromatic heterocycles. The first-order valence-corrected chi connectivity index (χ1v) is 14.2. The van der Waals surface area contributed by atoms with Crippen molar-refractivity contribution >= 4 is 29.4 Å². The van der Waals surface area contributed by atoms with E-state index in [-0.39, 0.29) is 18.4 Å². The first-order valence-electron chi connectivity index (χ1n) is 13.9. The average Bonchev–Trinajstić information content (AvgIpc) is 3.43. The van der Waals surface area contributed by atoms with Crippen molar-refractivity contribution in [2.24, 2.45) is 0 Å². The molecule has 0 spiro atoms. The molecule has 5 rings (SSSR count). The van der Waals surface area contributed by atoms with E-state index < -0.39 is 0 Å². The van der Waals surface area contributed by atoms with Crippen LogP contribution in [0.4, 0.5) is 5.95 Å². The molecule has 1 aliphatic rings. The van der Waals surface area contributed by atoms with Gasteiger partial charge in [0.05, 0.1) is 26.0 Å². The number of amides is 2. The van der Waals surface area contributed by atoms with Crippen LogP contribution in [0, 0.1) is 6.92 Å². The van der Waals surface area contributed by atoms with E-state index in [9.17, 15) is 9.59 Å². The highest BCUT2D eigenvalue weighted by Crippen LogP contribution is 2.26. The van der Waals surface area contributed by atoms with Gasteiger partial charge in [0, 0.05) is 54.2 Å². The van der Waals surface area contributed by atoms with Gasteiger partial charge in [-0.2, -0.15) is 0 Å². The summed E-state index contributed by atoms with van der Waals surface area (Å²) in [5.74, 6) is 0.512. The monoisotopic (exact) mass is 587 g/mol. The van der Waals surface area contributed by atoms with E-state index in [4.69, 9.17) is 26.1 Å². The van der Waals surface area contributed by atoms with E-state index >= 15 is 0 Å². The lowest BCUT2D eigenvalue weighted by molar-refractivity contribution is -0.117. The average molecular weight is 588 g/mol. The van der Waals surface area contributed by atoms with Crippen molar-refractivity contribution in [2.75, 3.05) is 58.4 Å². The summed E-state index contributed by atoms with van der Waals surface area (Å²) in [5, 5.41) is 3.57. The molecule has 0 bridgehead atoms. The molecule has 0 atom stereocenters. The van der Waals surface area contributed by atoms with Gasteiger partial charge in [-0.1, -0.05) is 41.4 Å². The van der Waals surface area contributed by atoms with Gasteiger partial charge in [-0.3, -0.25) is 24.4 Å². The minimum Gasteiger partial charge on any atom is -0.497 e. The van der Waals surface area contributed by atoms with Crippen LogP contribution in [-0.2, 0) is 9.53 Å². The van der Waals surface area contributed by atoms with Gasteiger partial charge in [-0.05, 0) is 55.5 Å². The Kier molecular flexibility index (Phi) is 9.53. The number of halogens is 1. The Morgan fingerprint density at radius 2 is 1.69 bits per heavy atom. The third-order valence-corrected chi connectivity index (χ3v) is 7.41. The smallest absolute Gasteiger partial charge is 0.254 e. The van der Waals surface area contributed by atoms with Gasteiger partial charge < -0.3 is 14.4 Å². The van der Waals surface area contributed by atoms with Gasteiger partial charge in [0.1, 0.15) is 12.3 Å². The fraction of sp³-hybridized carbons (Fsp3) is 0.281. The quantitative estimate of drug-likeness (QED) is 0.283. The summed E-state index contributed by atoms with van der Waals surface area (Å²) >= 11 is 6.09. The molecule has 3 aromatic carbocycles. The zero-order chi connectivity index (χ0) is 29.5. The largest absolute Gasteiger partial charge is 0.497 e. The fourth-order valence-corrected chi connectivity index (χ4v) is 4.85. The molecule has 9 nitrogen and oxygen atoms in total. The number of hydrogen-bond donors (Lipinski definition) is 1. The maximum atomic E-state index is 13.5. The van der Waals surface area contributed by atoms with Crippen LogP contribution in [0.2, 0.25) is 5.02 Å². The molecule has 2 heterocycles. The Balaban J connectivity index is 1.39. The summed E-state index contributed by atoms with van der Waals surface area (Å²) in [4.78, 5) is 35.6. The molecule has 10 heteroatoms. The molecule has 218 valence electrons. The molecule has 42 heavy (non-hydrogen) atoms. The molecule has 1 aliphatic heterocycles. The minimum absolute atomic E-state index is 0.122. The number of ether oxygens (including phenoxy) is 2. The van der Waals surface area contributed by atoms with Crippen LogP contribution >= 0.6 is 11.6 Å². The molecule has 1 saturated heterocycles. The molecular weight excluding hydrogens is 554 g/mol. The summed E-state index contributed by atoms with van der Waals surface area (Å²) in [6.07, 6.45) is 1.86. The predicted octanol–water partition coefficient (Wildman–Crippen LogP) is 4.92. The second-order valence-electron chi connectivity index (χ2n) is 10.1. The van der Waals surface area contributed by atoms with Crippen molar-refractivity contribution in [2.45, 2.75) is 6.92 Å². The maximum Gasteiger partial charge on any atom is 0.254 e. The highest BCUT2D eigenvalue weighted by Gasteiger charge is 2.22. The zero-order valence-corrected chi connectivity index (χ0v) is 24.5. The van der Waals surface area contributed by atoms with Gasteiger partial charge >= 0.3 is 0 Å². The van der Waals surface area contributed by atoms with Crippen molar-refractivity contribution < 1.29 is 19.1 Å². The van der Waals surface area contributed by atoms with E-state index in [1.54, 1.807) is 40.8 Å². The Morgan fingerprint density at radius 1 is 1.00 bits per heavy atom. The summed E-state index contributed by atoms with van der Waals surface area (Å²) < 4.78 is 12.6. The second kappa shape index (κ2) is 13.7. The summed E-state index contributed by atoms with van der Waals surface area (Å²) in [6.45, 7) is 5.83. The lowest BCUT2D eigenvalue weighted by atomic mass is 10.1. The number of anilines is 1. The van der Waals surface area contributed by atoms with Crippen molar-refractivity contribution in [3.05, 3.63) is 95.1 Å². The van der Waals surface area contributed by atoms with Gasteiger partial charge in [0.2, 0.25) is 11.9 Å². The highest BCUT2D eigenvalue weighted by molar-refractivity contribution is 6.30. The molecule has 0 radical (unpaired) electrons. The molecule has 4 aromatic rings. The SMILES string of the molecule is COc1ccc(-n2cc(-c3ccc(Cl)cc3)nc2NC(=O)CN(CCN2CCOCC2)C(=O)c2ccc(C)cc2)cc1. The Morgan fingerprint density at radius 3 is 2.36 bits per heavy atom. The summed E-state index contributed by atoms with van der Waals surface area (Å²) in [7, 11) is 1.61. The lowest BCUT2D eigenvalue weighted by Crippen LogP contribution is -2.45. The lowest BCUT2D eigenvalue weighted by Gasteiger charge is -2.30. The number of aromatic nitrogens is 2. The van der Waals surface area contributed by atoms with Crippen molar-refractivity contribution in [3.63, 3.8) is 0 Å². The summed E-state index contributed by atoms with van der Waals surface area (Å²) in [5.41, 5.74) is 3.91. The highest BCUT2D eigenvalue weighted by atomic mass is 35.5. The Hall–Kier alpha value is -4.18. The van der Waals surface area contributed by atoms with Gasteiger partial charge in [-0.15, -0.1) is 0 Å². The summed E-state index contributed by atoms with van der Waals surface area (Å²) in [6, 6.07) is 22.2. The minimum atomic E-state index is -0.347. The first-order chi connectivity index (χ1) is 20.4. The number of imidazole rings is 1. The van der Waals surface area contributed by atoms with Crippen LogP contribution in [0.3, 0.4) is 0 Å². The molecule has 1 fully saturated rings. The van der Waals surface area contributed by atoms with E-state index in [2.05, 4.69) is 10.2 Å². The fourth-order valence-electron chi connectivity index (χ4n) is 4.72. The van der Waals surface area contributed by atoms with Crippen LogP contribution < -0.4 is 10.1 Å². The van der Waals surface area contributed by atoms with E-state index in [0.29, 0.717) is 54.3 Å². The van der Waals surface area contributed by atoms with Crippen molar-refractivity contribution in [3.8, 4) is 22.7 Å². The van der Waals surface area contributed by atoms with E-state index in [0.717, 1.165) is 29.9 Å². The number of carbonyl (C=O) groups excluding carboxylic acids is 2. The van der Waals surface area contributed by atoms with Crippen LogP contribution in [-0.4, -0.2) is 84.2 Å². The first kappa shape index (κ1) is 29.3. The molecule has 2 amide bonds. The van der Waals surface area contributed by atoms with E-state index in [1.807, 2.05) is 61.7 Å². The number of carbonyl (C=O) groups is 2. The topological polar surface area (TPSA) is 88.9 Å². The number of nitrogens with zero attached hydrogens (tertiary/aromatic N) is 4. The maximum absolute atomic E-state index is 13.5. The normalized spacial score (nSPS) is 13.5. The number of morpholine rings is 1. The van der Waals surface area contributed by atoms with Crippen molar-refractivity contribution in [1.82, 2.24) is 19.4 Å². The standard InChI is InChI=1S/C32H34ClN5O4/c1-23-3-5-25(6-4-23)31(40)37(16-15-36-17-19-42-20-18-36)22-30(39)35-32-34-29(24-7-9-26(33)10-8-24)21-38(32)27-11-13-28(41-2)14-12-27/h3-14,21H,15-20,22H2,1-2H3,(H,34,35,39). The third kappa shape index (κ3) is 7.36. The number of methoxy groups -OCH3 is 1. The van der Waals surface area contributed by atoms with Gasteiger partial charge in [0.25, 0.3) is 5.91 Å². The molecule has 0 saturated carbocycles. The third-order valence-electron chi connectivity index (χ3n) is 7.16. The molecule has 0 aliphatic carbocycles. The predicted molar refractivity (Wildman–Crippen MR) is 164 cm³/mol. The van der Waals surface area contributed by atoms with Crippen LogP contribution in [0.15, 0.2) is 79.0 Å². The van der Waals surface area contributed by atoms with Crippen molar-refractivity contribution in [1.29, 1.82) is 0 Å². The Bertz CT molecular complexity index is 1500. The number of rotatable bonds is 10. The number of aryl methyl sites for hydroxylation is 1. The Labute approximate surface area is 250 Å². The molecular formula is C32H34ClN5O4. The van der Waals surface area contributed by atoms with Crippen LogP contribution in [0.1, 0.15) is 15.9 Å². The zero-order valence-electron chi connectivity index (χ0n) is 23.8. The van der Waals surface area contributed by atoms with E-state index in [1.165, 1.54) is 0 Å². The van der Waals surface area contributed by atoms with Gasteiger partial charge in [0.15, 0.2) is 0 Å². The number of benzene rings is 3. The van der Waals surface area contributed by atoms with Crippen LogP contribution in [0.25, 0.3) is 16.9 Å². The van der Waals surface area contributed by atoms with Crippen LogP contribution in [0.5, 0.6) is 5.75 Å². The second-order valence-corrected chi connectivity index (χ2v) is 10.6. The number of hydrogen-bond acceptors (Lipinski definition) is 6. The molecule has 0 unspecified atom stereocenters. The number of nitrogens with one attached hydrogen (secondary N) is 1. The molecule has 1 N–H and O–H groups in total. The van der Waals surface area contributed by atoms with Gasteiger partial charge in [-0.25, -0.2) is 4.98 Å².